The van der Waals surface area contributed by atoms with E-state index in [1.165, 1.54) is 4.90 Å². The van der Waals surface area contributed by atoms with Crippen LogP contribution in [0, 0.1) is 5.82 Å². The molecule has 11 heteroatoms. The number of carbonyl (C=O) groups excluding carboxylic acids is 2. The lowest BCUT2D eigenvalue weighted by Crippen LogP contribution is -2.53. The molecule has 0 saturated carbocycles. The zero-order valence-electron chi connectivity index (χ0n) is 21.8. The first-order valence-electron chi connectivity index (χ1n) is 12.3. The summed E-state index contributed by atoms with van der Waals surface area (Å²) in [5, 5.41) is 3.45. The SMILES string of the molecule is CC[C@@H](C(=O)NC(C)C)N(Cc1ccc(Cl)c(Cl)c1)C(=O)CN(c1ccccc1)S(=O)(=O)c1ccc(F)cc1. The van der Waals surface area contributed by atoms with E-state index in [-0.39, 0.29) is 40.5 Å². The maximum atomic E-state index is 13.9. The Kier molecular flexibility index (Phi) is 10.4. The minimum absolute atomic E-state index is 0.0149. The Morgan fingerprint density at radius 2 is 1.59 bits per heavy atom. The molecule has 0 unspecified atom stereocenters. The van der Waals surface area contributed by atoms with Gasteiger partial charge in [0.15, 0.2) is 0 Å². The number of hydrogen-bond donors (Lipinski definition) is 1. The van der Waals surface area contributed by atoms with Crippen LogP contribution in [0.4, 0.5) is 10.1 Å². The van der Waals surface area contributed by atoms with Crippen molar-refractivity contribution >= 4 is 50.7 Å². The van der Waals surface area contributed by atoms with Gasteiger partial charge in [-0.05, 0) is 74.4 Å². The van der Waals surface area contributed by atoms with Gasteiger partial charge in [0.05, 0.1) is 20.6 Å². The molecule has 3 rings (SSSR count). The van der Waals surface area contributed by atoms with Crippen molar-refractivity contribution in [1.29, 1.82) is 0 Å². The Bertz CT molecular complexity index is 1400. The van der Waals surface area contributed by atoms with Gasteiger partial charge in [0, 0.05) is 12.6 Å². The third-order valence-electron chi connectivity index (χ3n) is 5.88. The van der Waals surface area contributed by atoms with Crippen LogP contribution in [-0.4, -0.2) is 43.8 Å². The van der Waals surface area contributed by atoms with Crippen LogP contribution in [-0.2, 0) is 26.2 Å². The fourth-order valence-electron chi connectivity index (χ4n) is 3.99. The number of sulfonamides is 1. The van der Waals surface area contributed by atoms with E-state index >= 15 is 0 Å². The molecule has 0 aromatic heterocycles. The summed E-state index contributed by atoms with van der Waals surface area (Å²) in [5.74, 6) is -1.57. The number of anilines is 1. The molecule has 7 nitrogen and oxygen atoms in total. The van der Waals surface area contributed by atoms with Crippen molar-refractivity contribution in [1.82, 2.24) is 10.2 Å². The van der Waals surface area contributed by atoms with Gasteiger partial charge in [-0.15, -0.1) is 0 Å². The van der Waals surface area contributed by atoms with Crippen LogP contribution >= 0.6 is 23.2 Å². The summed E-state index contributed by atoms with van der Waals surface area (Å²) in [6.45, 7) is 4.77. The zero-order chi connectivity index (χ0) is 28.7. The van der Waals surface area contributed by atoms with Crippen molar-refractivity contribution < 1.29 is 22.4 Å². The van der Waals surface area contributed by atoms with Crippen LogP contribution in [0.25, 0.3) is 0 Å². The van der Waals surface area contributed by atoms with Crippen molar-refractivity contribution in [2.24, 2.45) is 0 Å². The second-order valence-corrected chi connectivity index (χ2v) is 11.8. The van der Waals surface area contributed by atoms with E-state index in [0.29, 0.717) is 10.6 Å². The summed E-state index contributed by atoms with van der Waals surface area (Å²) in [7, 11) is -4.28. The highest BCUT2D eigenvalue weighted by molar-refractivity contribution is 7.92. The molecule has 208 valence electrons. The van der Waals surface area contributed by atoms with E-state index in [0.717, 1.165) is 28.6 Å². The number of benzene rings is 3. The quantitative estimate of drug-likeness (QED) is 0.311. The number of rotatable bonds is 11. The first kappa shape index (κ1) is 30.4. The summed E-state index contributed by atoms with van der Waals surface area (Å²) < 4.78 is 41.9. The highest BCUT2D eigenvalue weighted by atomic mass is 35.5. The zero-order valence-corrected chi connectivity index (χ0v) is 24.1. The predicted octanol–water partition coefficient (Wildman–Crippen LogP) is 5.66. The van der Waals surface area contributed by atoms with Gasteiger partial charge in [-0.3, -0.25) is 13.9 Å². The van der Waals surface area contributed by atoms with E-state index in [4.69, 9.17) is 23.2 Å². The first-order valence-corrected chi connectivity index (χ1v) is 14.5. The van der Waals surface area contributed by atoms with E-state index in [9.17, 15) is 22.4 Å². The summed E-state index contributed by atoms with van der Waals surface area (Å²) >= 11 is 12.3. The smallest absolute Gasteiger partial charge is 0.264 e. The van der Waals surface area contributed by atoms with Gasteiger partial charge >= 0.3 is 0 Å². The predicted molar refractivity (Wildman–Crippen MR) is 152 cm³/mol. The van der Waals surface area contributed by atoms with Crippen LogP contribution in [0.5, 0.6) is 0 Å². The molecule has 39 heavy (non-hydrogen) atoms. The molecule has 3 aromatic carbocycles. The first-order chi connectivity index (χ1) is 18.4. The summed E-state index contributed by atoms with van der Waals surface area (Å²) in [6, 6.07) is 16.3. The van der Waals surface area contributed by atoms with Crippen molar-refractivity contribution in [2.75, 3.05) is 10.8 Å². The Balaban J connectivity index is 2.05. The lowest BCUT2D eigenvalue weighted by molar-refractivity contribution is -0.140. The maximum Gasteiger partial charge on any atom is 0.264 e. The molecule has 0 bridgehead atoms. The van der Waals surface area contributed by atoms with Crippen LogP contribution in [0.3, 0.4) is 0 Å². The Morgan fingerprint density at radius 1 is 0.949 bits per heavy atom. The Hall–Kier alpha value is -3.14. The number of nitrogens with one attached hydrogen (secondary N) is 1. The Labute approximate surface area is 238 Å². The number of para-hydroxylation sites is 1. The van der Waals surface area contributed by atoms with Crippen molar-refractivity contribution in [3.63, 3.8) is 0 Å². The van der Waals surface area contributed by atoms with Crippen LogP contribution in [0.15, 0.2) is 77.7 Å². The minimum Gasteiger partial charge on any atom is -0.352 e. The minimum atomic E-state index is -4.28. The Morgan fingerprint density at radius 3 is 2.15 bits per heavy atom. The molecule has 0 aliphatic carbocycles. The largest absolute Gasteiger partial charge is 0.352 e. The topological polar surface area (TPSA) is 86.8 Å². The lowest BCUT2D eigenvalue weighted by atomic mass is 10.1. The molecule has 0 aliphatic rings. The molecule has 0 spiro atoms. The van der Waals surface area contributed by atoms with Crippen molar-refractivity contribution in [2.45, 2.75) is 50.7 Å². The number of hydrogen-bond acceptors (Lipinski definition) is 4. The fourth-order valence-corrected chi connectivity index (χ4v) is 5.73. The number of amides is 2. The third kappa shape index (κ3) is 7.71. The summed E-state index contributed by atoms with van der Waals surface area (Å²) in [5.41, 5.74) is 0.852. The van der Waals surface area contributed by atoms with Crippen molar-refractivity contribution in [3.05, 3.63) is 94.2 Å². The lowest BCUT2D eigenvalue weighted by Gasteiger charge is -2.33. The van der Waals surface area contributed by atoms with Crippen molar-refractivity contribution in [3.8, 4) is 0 Å². The molecule has 0 radical (unpaired) electrons. The van der Waals surface area contributed by atoms with E-state index in [2.05, 4.69) is 5.32 Å². The van der Waals surface area contributed by atoms with Crippen LogP contribution in [0.1, 0.15) is 32.8 Å². The second-order valence-electron chi connectivity index (χ2n) is 9.16. The molecular weight excluding hydrogens is 564 g/mol. The molecule has 3 aromatic rings. The van der Waals surface area contributed by atoms with Gasteiger partial charge < -0.3 is 10.2 Å². The summed E-state index contributed by atoms with van der Waals surface area (Å²) in [4.78, 5) is 28.2. The number of carbonyl (C=O) groups is 2. The van der Waals surface area contributed by atoms with Gasteiger partial charge in [-0.2, -0.15) is 0 Å². The van der Waals surface area contributed by atoms with Crippen LogP contribution < -0.4 is 9.62 Å². The third-order valence-corrected chi connectivity index (χ3v) is 8.41. The van der Waals surface area contributed by atoms with E-state index in [1.54, 1.807) is 55.5 Å². The van der Waals surface area contributed by atoms with Crippen LogP contribution in [0.2, 0.25) is 10.0 Å². The van der Waals surface area contributed by atoms with E-state index < -0.39 is 34.3 Å². The molecule has 0 saturated heterocycles. The fraction of sp³-hybridized carbons (Fsp3) is 0.286. The van der Waals surface area contributed by atoms with Gasteiger partial charge in [0.2, 0.25) is 11.8 Å². The molecule has 0 aliphatic heterocycles. The molecule has 1 N–H and O–H groups in total. The monoisotopic (exact) mass is 593 g/mol. The molecule has 0 heterocycles. The summed E-state index contributed by atoms with van der Waals surface area (Å²) in [6.07, 6.45) is 0.279. The highest BCUT2D eigenvalue weighted by Gasteiger charge is 2.33. The average Bonchev–Trinajstić information content (AvgIpc) is 2.89. The standard InChI is InChI=1S/C28H30Cl2FN3O4S/c1-4-26(28(36)32-19(2)3)33(17-20-10-15-24(29)25(30)16-20)27(35)18-34(22-8-6-5-7-9-22)39(37,38)23-13-11-21(31)12-14-23/h5-16,19,26H,4,17-18H2,1-3H3,(H,32,36)/t26-/m0/s1. The maximum absolute atomic E-state index is 13.9. The van der Waals surface area contributed by atoms with E-state index in [1.807, 2.05) is 13.8 Å². The average molecular weight is 595 g/mol. The van der Waals surface area contributed by atoms with Gasteiger partial charge in [0.1, 0.15) is 18.4 Å². The van der Waals surface area contributed by atoms with Gasteiger partial charge in [-0.25, -0.2) is 12.8 Å². The molecule has 2 amide bonds. The number of halogens is 3. The normalized spacial score (nSPS) is 12.2. The molecule has 0 fully saturated rings. The second kappa shape index (κ2) is 13.3. The van der Waals surface area contributed by atoms with Gasteiger partial charge in [-0.1, -0.05) is 54.4 Å². The molecule has 1 atom stereocenters. The molecular formula is C28H30Cl2FN3O4S. The highest BCUT2D eigenvalue weighted by Crippen LogP contribution is 2.26. The number of nitrogens with zero attached hydrogens (tertiary/aromatic N) is 2. The van der Waals surface area contributed by atoms with Gasteiger partial charge in [0.25, 0.3) is 10.0 Å².